The molecule has 0 saturated carbocycles. The highest BCUT2D eigenvalue weighted by molar-refractivity contribution is 5.79. The van der Waals surface area contributed by atoms with Crippen LogP contribution in [0.1, 0.15) is 42.4 Å². The Morgan fingerprint density at radius 3 is 2.91 bits per heavy atom. The molecule has 5 rings (SSSR count). The molecule has 1 atom stereocenters. The van der Waals surface area contributed by atoms with Crippen LogP contribution in [0.3, 0.4) is 0 Å². The molecule has 120 valence electrons. The molecule has 0 aliphatic carbocycles. The van der Waals surface area contributed by atoms with E-state index >= 15 is 0 Å². The van der Waals surface area contributed by atoms with Gasteiger partial charge in [0, 0.05) is 38.1 Å². The molecule has 3 aromatic heterocycles. The van der Waals surface area contributed by atoms with Gasteiger partial charge >= 0.3 is 0 Å². The van der Waals surface area contributed by atoms with Crippen molar-refractivity contribution in [3.8, 4) is 0 Å². The summed E-state index contributed by atoms with van der Waals surface area (Å²) in [4.78, 5) is 12.8. The lowest BCUT2D eigenvalue weighted by Gasteiger charge is -2.21. The highest BCUT2D eigenvalue weighted by atomic mass is 16.5. The fraction of sp³-hybridized carbons (Fsp3) is 0.529. The van der Waals surface area contributed by atoms with Crippen LogP contribution in [-0.2, 0) is 4.74 Å². The third kappa shape index (κ3) is 2.16. The lowest BCUT2D eigenvalue weighted by molar-refractivity contribution is 0.0856. The van der Waals surface area contributed by atoms with Crippen molar-refractivity contribution in [3.05, 3.63) is 29.8 Å². The van der Waals surface area contributed by atoms with E-state index in [1.54, 1.807) is 0 Å². The highest BCUT2D eigenvalue weighted by Gasteiger charge is 2.23. The normalized spacial score (nSPS) is 23.2. The van der Waals surface area contributed by atoms with E-state index in [-0.39, 0.29) is 0 Å². The fourth-order valence-electron chi connectivity index (χ4n) is 4.00. The van der Waals surface area contributed by atoms with Crippen molar-refractivity contribution in [2.24, 2.45) is 0 Å². The molecule has 3 aromatic rings. The number of nitrogens with one attached hydrogen (secondary N) is 2. The van der Waals surface area contributed by atoms with Crippen LogP contribution in [0.25, 0.3) is 16.8 Å². The number of hydrogen-bond acceptors (Lipinski definition) is 4. The van der Waals surface area contributed by atoms with Gasteiger partial charge in [0.05, 0.1) is 17.4 Å². The van der Waals surface area contributed by atoms with Gasteiger partial charge in [-0.1, -0.05) is 0 Å². The summed E-state index contributed by atoms with van der Waals surface area (Å²) in [5, 5.41) is 3.43. The second-order valence-corrected chi connectivity index (χ2v) is 6.67. The minimum atomic E-state index is 0.524. The Labute approximate surface area is 134 Å². The summed E-state index contributed by atoms with van der Waals surface area (Å²) in [7, 11) is 0. The minimum absolute atomic E-state index is 0.524. The Balaban J connectivity index is 1.66. The Kier molecular flexibility index (Phi) is 3.12. The van der Waals surface area contributed by atoms with Gasteiger partial charge in [-0.15, -0.1) is 0 Å². The molecule has 2 aliphatic rings. The van der Waals surface area contributed by atoms with Crippen LogP contribution in [0.5, 0.6) is 0 Å². The van der Waals surface area contributed by atoms with Gasteiger partial charge in [-0.25, -0.2) is 9.97 Å². The van der Waals surface area contributed by atoms with E-state index < -0.39 is 0 Å². The van der Waals surface area contributed by atoms with Crippen LogP contribution in [0.4, 0.5) is 0 Å². The number of fused-ring (bicyclic) bond motifs is 3. The van der Waals surface area contributed by atoms with Crippen molar-refractivity contribution < 1.29 is 4.74 Å². The summed E-state index contributed by atoms with van der Waals surface area (Å²) in [5.41, 5.74) is 5.64. The fourth-order valence-corrected chi connectivity index (χ4v) is 4.00. The Hall–Kier alpha value is -1.92. The van der Waals surface area contributed by atoms with Crippen molar-refractivity contribution in [1.82, 2.24) is 24.7 Å². The van der Waals surface area contributed by atoms with Crippen molar-refractivity contribution >= 4 is 16.8 Å². The maximum atomic E-state index is 5.52. The molecule has 2 saturated heterocycles. The molecule has 2 aliphatic heterocycles. The average molecular weight is 311 g/mol. The lowest BCUT2D eigenvalue weighted by Crippen LogP contribution is -2.14. The minimum Gasteiger partial charge on any atom is -0.381 e. The second kappa shape index (κ2) is 5.32. The van der Waals surface area contributed by atoms with E-state index in [1.165, 1.54) is 23.2 Å². The first kappa shape index (κ1) is 13.5. The van der Waals surface area contributed by atoms with E-state index in [9.17, 15) is 0 Å². The van der Waals surface area contributed by atoms with E-state index in [0.29, 0.717) is 11.8 Å². The Morgan fingerprint density at radius 1 is 1.17 bits per heavy atom. The summed E-state index contributed by atoms with van der Waals surface area (Å²) < 4.78 is 7.75. The smallest absolute Gasteiger partial charge is 0.156 e. The molecule has 0 aromatic carbocycles. The van der Waals surface area contributed by atoms with Crippen LogP contribution in [0.15, 0.2) is 18.6 Å². The first-order valence-corrected chi connectivity index (χ1v) is 8.53. The van der Waals surface area contributed by atoms with Gasteiger partial charge in [0.2, 0.25) is 0 Å². The second-order valence-electron chi connectivity index (χ2n) is 6.67. The molecule has 1 unspecified atom stereocenters. The largest absolute Gasteiger partial charge is 0.381 e. The summed E-state index contributed by atoms with van der Waals surface area (Å²) in [5.74, 6) is 1.07. The summed E-state index contributed by atoms with van der Waals surface area (Å²) >= 11 is 0. The highest BCUT2D eigenvalue weighted by Crippen LogP contribution is 2.33. The molecule has 5 heterocycles. The summed E-state index contributed by atoms with van der Waals surface area (Å²) in [6.45, 7) is 3.82. The van der Waals surface area contributed by atoms with Gasteiger partial charge in [0.1, 0.15) is 0 Å². The molecule has 2 N–H and O–H groups in total. The van der Waals surface area contributed by atoms with Crippen molar-refractivity contribution in [3.63, 3.8) is 0 Å². The van der Waals surface area contributed by atoms with Gasteiger partial charge in [-0.3, -0.25) is 4.40 Å². The van der Waals surface area contributed by atoms with Crippen LogP contribution < -0.4 is 5.32 Å². The number of aromatic nitrogens is 4. The predicted octanol–water partition coefficient (Wildman–Crippen LogP) is 2.18. The zero-order chi connectivity index (χ0) is 15.2. The Bertz CT molecular complexity index is 839. The topological polar surface area (TPSA) is 67.2 Å². The van der Waals surface area contributed by atoms with Crippen LogP contribution in [-0.4, -0.2) is 45.7 Å². The van der Waals surface area contributed by atoms with E-state index in [0.717, 1.165) is 50.4 Å². The van der Waals surface area contributed by atoms with Gasteiger partial charge in [0.15, 0.2) is 11.3 Å². The summed E-state index contributed by atoms with van der Waals surface area (Å²) in [6, 6.07) is 0. The van der Waals surface area contributed by atoms with Gasteiger partial charge in [0.25, 0.3) is 0 Å². The van der Waals surface area contributed by atoms with Gasteiger partial charge in [-0.05, 0) is 37.3 Å². The molecule has 0 spiro atoms. The standard InChI is InChI=1S/C17H21N5O/c1-4-18-7-12(1)14-10-22-15(21-14)9-20-17-16(22)13(8-19-17)11-2-5-23-6-3-11/h8-12,18-19H,1-7H2. The molecule has 6 heteroatoms. The van der Waals surface area contributed by atoms with Crippen molar-refractivity contribution in [2.45, 2.75) is 31.1 Å². The SMILES string of the molecule is c1[nH]c2ncc3nc(C4CCNC4)cn3c2c1C1CCOCC1. The maximum absolute atomic E-state index is 5.52. The van der Waals surface area contributed by atoms with Crippen molar-refractivity contribution in [1.29, 1.82) is 0 Å². The van der Waals surface area contributed by atoms with Gasteiger partial charge in [-0.2, -0.15) is 0 Å². The van der Waals surface area contributed by atoms with E-state index in [1.807, 2.05) is 6.20 Å². The molecule has 0 bridgehead atoms. The zero-order valence-corrected chi connectivity index (χ0v) is 13.1. The number of nitrogens with zero attached hydrogens (tertiary/aromatic N) is 3. The quantitative estimate of drug-likeness (QED) is 0.761. The van der Waals surface area contributed by atoms with E-state index in [2.05, 4.69) is 32.1 Å². The number of imidazole rings is 1. The third-order valence-corrected chi connectivity index (χ3v) is 5.30. The number of ether oxygens (including phenoxy) is 1. The zero-order valence-electron chi connectivity index (χ0n) is 13.1. The van der Waals surface area contributed by atoms with Crippen LogP contribution >= 0.6 is 0 Å². The monoisotopic (exact) mass is 311 g/mol. The van der Waals surface area contributed by atoms with Crippen LogP contribution in [0.2, 0.25) is 0 Å². The molecule has 23 heavy (non-hydrogen) atoms. The van der Waals surface area contributed by atoms with Crippen molar-refractivity contribution in [2.75, 3.05) is 26.3 Å². The molecular formula is C17H21N5O. The first-order valence-electron chi connectivity index (χ1n) is 8.53. The molecule has 6 nitrogen and oxygen atoms in total. The number of hydrogen-bond donors (Lipinski definition) is 2. The number of H-pyrrole nitrogens is 1. The maximum Gasteiger partial charge on any atom is 0.156 e. The van der Waals surface area contributed by atoms with E-state index in [4.69, 9.17) is 9.72 Å². The molecule has 0 radical (unpaired) electrons. The average Bonchev–Trinajstić information content (AvgIpc) is 3.32. The first-order chi connectivity index (χ1) is 11.4. The lowest BCUT2D eigenvalue weighted by atomic mass is 9.93. The van der Waals surface area contributed by atoms with Crippen LogP contribution in [0, 0.1) is 0 Å². The predicted molar refractivity (Wildman–Crippen MR) is 87.9 cm³/mol. The van der Waals surface area contributed by atoms with Gasteiger partial charge < -0.3 is 15.0 Å². The molecule has 2 fully saturated rings. The third-order valence-electron chi connectivity index (χ3n) is 5.30. The number of rotatable bonds is 2. The Morgan fingerprint density at radius 2 is 2.09 bits per heavy atom. The molecular weight excluding hydrogens is 290 g/mol. The number of aromatic amines is 1. The molecule has 0 amide bonds. The summed E-state index contributed by atoms with van der Waals surface area (Å²) in [6.07, 6.45) is 9.55.